The van der Waals surface area contributed by atoms with Crippen LogP contribution in [0.5, 0.6) is 0 Å². The van der Waals surface area contributed by atoms with Gasteiger partial charge in [0.1, 0.15) is 4.21 Å². The standard InChI is InChI=1S/C17H27N3O4S2/c1-13-11-19(12-14(2)24-13)17(21)15(3)18-6-8-20(9-7-18)26(22,23)16-5-4-10-25-16/h4-5,10,13-15H,6-9,11-12H2,1-3H3/p+1/t13-,14+,15-/m1/s1. The summed E-state index contributed by atoms with van der Waals surface area (Å²) in [4.78, 5) is 15.9. The van der Waals surface area contributed by atoms with Gasteiger partial charge in [0.25, 0.3) is 15.9 Å². The Kier molecular flexibility index (Phi) is 6.03. The maximum Gasteiger partial charge on any atom is 0.280 e. The van der Waals surface area contributed by atoms with Gasteiger partial charge in [-0.1, -0.05) is 6.07 Å². The second kappa shape index (κ2) is 7.93. The molecule has 2 aliphatic rings. The summed E-state index contributed by atoms with van der Waals surface area (Å²) in [5.41, 5.74) is 0. The molecule has 2 fully saturated rings. The number of carbonyl (C=O) groups excluding carboxylic acids is 1. The van der Waals surface area contributed by atoms with Gasteiger partial charge in [0.2, 0.25) is 0 Å². The molecular weight excluding hydrogens is 374 g/mol. The number of rotatable bonds is 4. The minimum Gasteiger partial charge on any atom is -0.372 e. The zero-order valence-electron chi connectivity index (χ0n) is 15.6. The minimum atomic E-state index is -3.40. The van der Waals surface area contributed by atoms with E-state index in [2.05, 4.69) is 0 Å². The van der Waals surface area contributed by atoms with E-state index in [-0.39, 0.29) is 24.2 Å². The molecule has 26 heavy (non-hydrogen) atoms. The van der Waals surface area contributed by atoms with Crippen molar-refractivity contribution in [1.82, 2.24) is 9.21 Å². The van der Waals surface area contributed by atoms with Gasteiger partial charge in [0.15, 0.2) is 6.04 Å². The van der Waals surface area contributed by atoms with Crippen LogP contribution >= 0.6 is 11.3 Å². The lowest BCUT2D eigenvalue weighted by molar-refractivity contribution is -0.918. The number of piperazine rings is 1. The first kappa shape index (κ1) is 19.8. The quantitative estimate of drug-likeness (QED) is 0.748. The van der Waals surface area contributed by atoms with E-state index < -0.39 is 10.0 Å². The molecular formula is C17H28N3O4S2+. The Morgan fingerprint density at radius 2 is 1.88 bits per heavy atom. The highest BCUT2D eigenvalue weighted by atomic mass is 32.2. The summed E-state index contributed by atoms with van der Waals surface area (Å²) in [6.07, 6.45) is 0.107. The molecule has 0 saturated carbocycles. The van der Waals surface area contributed by atoms with E-state index in [0.717, 1.165) is 4.90 Å². The van der Waals surface area contributed by atoms with Gasteiger partial charge in [-0.3, -0.25) is 4.79 Å². The fourth-order valence-corrected chi connectivity index (χ4v) is 6.38. The third-order valence-corrected chi connectivity index (χ3v) is 8.44. The van der Waals surface area contributed by atoms with E-state index >= 15 is 0 Å². The fourth-order valence-electron chi connectivity index (χ4n) is 3.79. The van der Waals surface area contributed by atoms with Gasteiger partial charge in [-0.05, 0) is 32.2 Å². The van der Waals surface area contributed by atoms with Crippen molar-refractivity contribution >= 4 is 27.3 Å². The van der Waals surface area contributed by atoms with Gasteiger partial charge in [-0.2, -0.15) is 4.31 Å². The van der Waals surface area contributed by atoms with Crippen LogP contribution in [0, 0.1) is 0 Å². The molecule has 3 atom stereocenters. The Morgan fingerprint density at radius 1 is 1.27 bits per heavy atom. The number of carbonyl (C=O) groups is 1. The summed E-state index contributed by atoms with van der Waals surface area (Å²) < 4.78 is 32.9. The molecule has 146 valence electrons. The molecule has 1 aromatic rings. The maximum absolute atomic E-state index is 12.9. The normalized spacial score (nSPS) is 27.4. The highest BCUT2D eigenvalue weighted by Gasteiger charge is 2.37. The van der Waals surface area contributed by atoms with Gasteiger partial charge in [-0.15, -0.1) is 11.3 Å². The third kappa shape index (κ3) is 4.12. The SMILES string of the molecule is C[C@@H]1CN(C(=O)[C@@H](C)[NH+]2CCN(S(=O)(=O)c3cccs3)CC2)C[C@H](C)O1. The summed E-state index contributed by atoms with van der Waals surface area (Å²) in [7, 11) is -3.40. The van der Waals surface area contributed by atoms with Crippen molar-refractivity contribution in [2.24, 2.45) is 0 Å². The molecule has 3 rings (SSSR count). The van der Waals surface area contributed by atoms with Crippen LogP contribution in [0.4, 0.5) is 0 Å². The second-order valence-electron chi connectivity index (χ2n) is 7.22. The third-order valence-electron chi connectivity index (χ3n) is 5.17. The number of nitrogens with one attached hydrogen (secondary N) is 1. The summed E-state index contributed by atoms with van der Waals surface area (Å²) in [5, 5.41) is 1.78. The molecule has 0 unspecified atom stereocenters. The number of nitrogens with zero attached hydrogens (tertiary/aromatic N) is 2. The topological polar surface area (TPSA) is 71.4 Å². The van der Waals surface area contributed by atoms with E-state index in [4.69, 9.17) is 4.74 Å². The molecule has 1 aromatic heterocycles. The lowest BCUT2D eigenvalue weighted by Crippen LogP contribution is -3.19. The smallest absolute Gasteiger partial charge is 0.280 e. The van der Waals surface area contributed by atoms with Crippen molar-refractivity contribution in [2.75, 3.05) is 39.3 Å². The molecule has 2 saturated heterocycles. The highest BCUT2D eigenvalue weighted by molar-refractivity contribution is 7.91. The lowest BCUT2D eigenvalue weighted by Gasteiger charge is -2.39. The van der Waals surface area contributed by atoms with Crippen molar-refractivity contribution in [3.63, 3.8) is 0 Å². The van der Waals surface area contributed by atoms with Crippen molar-refractivity contribution in [1.29, 1.82) is 0 Å². The van der Waals surface area contributed by atoms with Crippen molar-refractivity contribution < 1.29 is 22.8 Å². The second-order valence-corrected chi connectivity index (χ2v) is 10.3. The van der Waals surface area contributed by atoms with E-state index in [9.17, 15) is 13.2 Å². The monoisotopic (exact) mass is 402 g/mol. The Hall–Kier alpha value is -1.00. The van der Waals surface area contributed by atoms with Gasteiger partial charge in [0.05, 0.1) is 38.4 Å². The lowest BCUT2D eigenvalue weighted by atomic mass is 10.1. The van der Waals surface area contributed by atoms with Crippen molar-refractivity contribution in [3.8, 4) is 0 Å². The molecule has 0 bridgehead atoms. The molecule has 9 heteroatoms. The van der Waals surface area contributed by atoms with Gasteiger partial charge >= 0.3 is 0 Å². The maximum atomic E-state index is 12.9. The molecule has 0 radical (unpaired) electrons. The predicted molar refractivity (Wildman–Crippen MR) is 99.8 cm³/mol. The zero-order chi connectivity index (χ0) is 18.9. The Balaban J connectivity index is 1.58. The summed E-state index contributed by atoms with van der Waals surface area (Å²) in [6, 6.07) is 3.23. The first-order valence-electron chi connectivity index (χ1n) is 9.11. The number of hydrogen-bond acceptors (Lipinski definition) is 5. The molecule has 3 heterocycles. The fraction of sp³-hybridized carbons (Fsp3) is 0.706. The zero-order valence-corrected chi connectivity index (χ0v) is 17.2. The summed E-state index contributed by atoms with van der Waals surface area (Å²) in [6.45, 7) is 9.36. The van der Waals surface area contributed by atoms with Gasteiger partial charge < -0.3 is 14.5 Å². The number of ether oxygens (including phenoxy) is 1. The number of quaternary nitrogens is 1. The molecule has 1 N–H and O–H groups in total. The Morgan fingerprint density at radius 3 is 2.42 bits per heavy atom. The van der Waals surface area contributed by atoms with E-state index in [1.165, 1.54) is 11.3 Å². The molecule has 0 spiro atoms. The molecule has 1 amide bonds. The van der Waals surface area contributed by atoms with Crippen LogP contribution in [0.3, 0.4) is 0 Å². The van der Waals surface area contributed by atoms with Crippen LogP contribution in [0.25, 0.3) is 0 Å². The van der Waals surface area contributed by atoms with Crippen molar-refractivity contribution in [3.05, 3.63) is 17.5 Å². The number of amides is 1. The number of morpholine rings is 1. The van der Waals surface area contributed by atoms with Crippen molar-refractivity contribution in [2.45, 2.75) is 43.2 Å². The predicted octanol–water partition coefficient (Wildman–Crippen LogP) is -0.338. The first-order valence-corrected chi connectivity index (χ1v) is 11.4. The van der Waals surface area contributed by atoms with Gasteiger partial charge in [0, 0.05) is 13.1 Å². The molecule has 7 nitrogen and oxygen atoms in total. The van der Waals surface area contributed by atoms with Crippen LogP contribution in [-0.4, -0.2) is 81.0 Å². The summed E-state index contributed by atoms with van der Waals surface area (Å²) in [5.74, 6) is 0.136. The van der Waals surface area contributed by atoms with E-state index in [0.29, 0.717) is 43.5 Å². The summed E-state index contributed by atoms with van der Waals surface area (Å²) >= 11 is 1.25. The molecule has 2 aliphatic heterocycles. The number of hydrogen-bond donors (Lipinski definition) is 1. The van der Waals surface area contributed by atoms with Crippen LogP contribution in [-0.2, 0) is 19.6 Å². The Bertz CT molecular complexity index is 704. The molecule has 0 aromatic carbocycles. The highest BCUT2D eigenvalue weighted by Crippen LogP contribution is 2.20. The first-order chi connectivity index (χ1) is 12.3. The van der Waals surface area contributed by atoms with Crippen LogP contribution in [0.1, 0.15) is 20.8 Å². The number of sulfonamides is 1. The van der Waals surface area contributed by atoms with E-state index in [1.54, 1.807) is 21.8 Å². The van der Waals surface area contributed by atoms with Crippen LogP contribution in [0.2, 0.25) is 0 Å². The largest absolute Gasteiger partial charge is 0.372 e. The number of thiophene rings is 1. The average molecular weight is 403 g/mol. The van der Waals surface area contributed by atoms with E-state index in [1.807, 2.05) is 25.7 Å². The minimum absolute atomic E-state index is 0.0534. The van der Waals surface area contributed by atoms with Crippen LogP contribution < -0.4 is 4.90 Å². The van der Waals surface area contributed by atoms with Crippen LogP contribution in [0.15, 0.2) is 21.7 Å². The average Bonchev–Trinajstić information content (AvgIpc) is 3.15. The Labute approximate surface area is 159 Å². The molecule has 0 aliphatic carbocycles. The van der Waals surface area contributed by atoms with Gasteiger partial charge in [-0.25, -0.2) is 8.42 Å².